The summed E-state index contributed by atoms with van der Waals surface area (Å²) >= 11 is 0. The summed E-state index contributed by atoms with van der Waals surface area (Å²) in [5.74, 6) is -1.11. The average Bonchev–Trinajstić information content (AvgIpc) is 2.33. The number of ketones is 1. The van der Waals surface area contributed by atoms with Crippen LogP contribution in [0.1, 0.15) is 23.8 Å². The first-order valence-corrected chi connectivity index (χ1v) is 5.35. The fraction of sp³-hybridized carbons (Fsp3) is 0.455. The van der Waals surface area contributed by atoms with Crippen LogP contribution in [0.15, 0.2) is 18.3 Å². The number of alkyl halides is 6. The summed E-state index contributed by atoms with van der Waals surface area (Å²) in [5.41, 5.74) is -0.0598. The van der Waals surface area contributed by atoms with Crippen molar-refractivity contribution in [3.63, 3.8) is 0 Å². The van der Waals surface area contributed by atoms with Crippen LogP contribution in [-0.2, 0) is 0 Å². The first-order valence-electron chi connectivity index (χ1n) is 5.35. The molecule has 0 aliphatic heterocycles. The predicted octanol–water partition coefficient (Wildman–Crippen LogP) is 3.55. The second-order valence-corrected chi connectivity index (χ2v) is 3.74. The van der Waals surface area contributed by atoms with Gasteiger partial charge in [-0.2, -0.15) is 26.3 Å². The van der Waals surface area contributed by atoms with E-state index in [1.165, 1.54) is 6.92 Å². The minimum atomic E-state index is -5.60. The van der Waals surface area contributed by atoms with E-state index in [0.717, 1.165) is 12.1 Å². The average molecular weight is 301 g/mol. The van der Waals surface area contributed by atoms with E-state index in [4.69, 9.17) is 0 Å². The Hall–Kier alpha value is -1.80. The van der Waals surface area contributed by atoms with Gasteiger partial charge in [0.25, 0.3) is 6.10 Å². The number of carbonyl (C=O) groups excluding carboxylic acids is 1. The van der Waals surface area contributed by atoms with Gasteiger partial charge in [0.15, 0.2) is 5.78 Å². The summed E-state index contributed by atoms with van der Waals surface area (Å²) < 4.78 is 77.4. The zero-order valence-electron chi connectivity index (χ0n) is 10.0. The first kappa shape index (κ1) is 16.3. The molecule has 0 amide bonds. The molecule has 9 heteroatoms. The van der Waals surface area contributed by atoms with Gasteiger partial charge in [-0.05, 0) is 12.1 Å². The molecule has 0 radical (unpaired) electrons. The van der Waals surface area contributed by atoms with E-state index in [9.17, 15) is 31.1 Å². The topological polar surface area (TPSA) is 39.2 Å². The summed E-state index contributed by atoms with van der Waals surface area (Å²) in [5, 5.41) is 0. The lowest BCUT2D eigenvalue weighted by molar-refractivity contribution is -0.299. The van der Waals surface area contributed by atoms with Crippen molar-refractivity contribution < 1.29 is 35.9 Å². The van der Waals surface area contributed by atoms with Crippen LogP contribution < -0.4 is 4.74 Å². The lowest BCUT2D eigenvalue weighted by Crippen LogP contribution is -2.46. The van der Waals surface area contributed by atoms with Gasteiger partial charge < -0.3 is 4.74 Å². The molecule has 0 atom stereocenters. The third-order valence-electron chi connectivity index (χ3n) is 2.19. The van der Waals surface area contributed by atoms with Crippen molar-refractivity contribution in [3.05, 3.63) is 24.0 Å². The minimum Gasteiger partial charge on any atom is -0.470 e. The second-order valence-electron chi connectivity index (χ2n) is 3.74. The van der Waals surface area contributed by atoms with Gasteiger partial charge in [-0.25, -0.2) is 4.98 Å². The number of aromatic nitrogens is 1. The second kappa shape index (κ2) is 5.68. The highest BCUT2D eigenvalue weighted by Gasteiger charge is 2.59. The Balaban J connectivity index is 2.93. The molecule has 0 aromatic carbocycles. The minimum absolute atomic E-state index is 0.0598. The predicted molar refractivity (Wildman–Crippen MR) is 55.4 cm³/mol. The molecule has 0 unspecified atom stereocenters. The Morgan fingerprint density at radius 3 is 2.10 bits per heavy atom. The standard InChI is InChI=1S/C11H9F6NO2/c1-2-8(19)7-4-3-6(5-18-7)20-9(10(12,13)14)11(15,16)17/h3-5,9H,2H2,1H3. The number of ether oxygens (including phenoxy) is 1. The SMILES string of the molecule is CCC(=O)c1ccc(OC(C(F)(F)F)C(F)(F)F)cn1. The van der Waals surface area contributed by atoms with Gasteiger partial charge in [-0.1, -0.05) is 6.92 Å². The van der Waals surface area contributed by atoms with Crippen LogP contribution in [-0.4, -0.2) is 29.2 Å². The molecule has 1 rings (SSSR count). The highest BCUT2D eigenvalue weighted by molar-refractivity contribution is 5.93. The highest BCUT2D eigenvalue weighted by atomic mass is 19.4. The molecule has 0 bridgehead atoms. The van der Waals surface area contributed by atoms with Crippen LogP contribution >= 0.6 is 0 Å². The summed E-state index contributed by atoms with van der Waals surface area (Å²) in [4.78, 5) is 14.7. The number of hydrogen-bond acceptors (Lipinski definition) is 3. The van der Waals surface area contributed by atoms with Crippen molar-refractivity contribution >= 4 is 5.78 Å². The summed E-state index contributed by atoms with van der Waals surface area (Å²) in [6.45, 7) is 1.54. The molecule has 3 nitrogen and oxygen atoms in total. The molecule has 1 aromatic heterocycles. The zero-order chi connectivity index (χ0) is 15.6. The normalized spacial score (nSPS) is 12.6. The van der Waals surface area contributed by atoms with Gasteiger partial charge in [0, 0.05) is 6.42 Å². The molecule has 1 heterocycles. The van der Waals surface area contributed by atoms with Crippen LogP contribution in [0.4, 0.5) is 26.3 Å². The lowest BCUT2D eigenvalue weighted by Gasteiger charge is -2.23. The van der Waals surface area contributed by atoms with Gasteiger partial charge in [0.1, 0.15) is 11.4 Å². The number of carbonyl (C=O) groups is 1. The van der Waals surface area contributed by atoms with Crippen molar-refractivity contribution in [2.45, 2.75) is 31.8 Å². The number of pyridine rings is 1. The van der Waals surface area contributed by atoms with Crippen LogP contribution in [0.2, 0.25) is 0 Å². The molecule has 20 heavy (non-hydrogen) atoms. The van der Waals surface area contributed by atoms with Gasteiger partial charge in [-0.3, -0.25) is 4.79 Å². The van der Waals surface area contributed by atoms with Gasteiger partial charge in [0.05, 0.1) is 6.20 Å². The molecular formula is C11H9F6NO2. The summed E-state index contributed by atoms with van der Waals surface area (Å²) in [7, 11) is 0. The van der Waals surface area contributed by atoms with Crippen molar-refractivity contribution in [1.29, 1.82) is 0 Å². The van der Waals surface area contributed by atoms with E-state index < -0.39 is 24.2 Å². The third kappa shape index (κ3) is 4.10. The molecule has 0 N–H and O–H groups in total. The van der Waals surface area contributed by atoms with Crippen molar-refractivity contribution in [2.75, 3.05) is 0 Å². The van der Waals surface area contributed by atoms with Crippen LogP contribution in [0.5, 0.6) is 5.75 Å². The van der Waals surface area contributed by atoms with Crippen molar-refractivity contribution in [1.82, 2.24) is 4.98 Å². The third-order valence-corrected chi connectivity index (χ3v) is 2.19. The maximum absolute atomic E-state index is 12.2. The number of halogens is 6. The number of nitrogens with zero attached hydrogens (tertiary/aromatic N) is 1. The van der Waals surface area contributed by atoms with Crippen molar-refractivity contribution in [2.24, 2.45) is 0 Å². The summed E-state index contributed by atoms with van der Waals surface area (Å²) in [6, 6.07) is 1.84. The maximum atomic E-state index is 12.2. The lowest BCUT2D eigenvalue weighted by atomic mass is 10.2. The first-order chi connectivity index (χ1) is 9.05. The molecule has 1 aromatic rings. The number of rotatable bonds is 4. The molecule has 0 fully saturated rings. The van der Waals surface area contributed by atoms with E-state index in [2.05, 4.69) is 9.72 Å². The zero-order valence-corrected chi connectivity index (χ0v) is 10.0. The molecule has 0 spiro atoms. The van der Waals surface area contributed by atoms with Crippen LogP contribution in [0.25, 0.3) is 0 Å². The Morgan fingerprint density at radius 1 is 1.20 bits per heavy atom. The van der Waals surface area contributed by atoms with Gasteiger partial charge in [0.2, 0.25) is 0 Å². The largest absolute Gasteiger partial charge is 0.470 e. The van der Waals surface area contributed by atoms with Crippen molar-refractivity contribution in [3.8, 4) is 5.75 Å². The molecule has 0 saturated heterocycles. The maximum Gasteiger partial charge on any atom is 0.434 e. The molecule has 0 aliphatic rings. The number of Topliss-reactive ketones (excluding diaryl/α,β-unsaturated/α-hetero) is 1. The summed E-state index contributed by atoms with van der Waals surface area (Å²) in [6.07, 6.45) is -14.4. The van der Waals surface area contributed by atoms with Gasteiger partial charge >= 0.3 is 12.4 Å². The van der Waals surface area contributed by atoms with E-state index in [-0.39, 0.29) is 17.9 Å². The fourth-order valence-electron chi connectivity index (χ4n) is 1.25. The smallest absolute Gasteiger partial charge is 0.434 e. The van der Waals surface area contributed by atoms with E-state index in [1.54, 1.807) is 0 Å². The van der Waals surface area contributed by atoms with E-state index >= 15 is 0 Å². The molecular weight excluding hydrogens is 292 g/mol. The monoisotopic (exact) mass is 301 g/mol. The quantitative estimate of drug-likeness (QED) is 0.630. The number of hydrogen-bond donors (Lipinski definition) is 0. The Kier molecular flexibility index (Phi) is 4.61. The Morgan fingerprint density at radius 2 is 1.75 bits per heavy atom. The Bertz CT molecular complexity index is 451. The van der Waals surface area contributed by atoms with Crippen LogP contribution in [0, 0.1) is 0 Å². The highest BCUT2D eigenvalue weighted by Crippen LogP contribution is 2.36. The Labute approximate surface area is 109 Å². The van der Waals surface area contributed by atoms with E-state index in [1.807, 2.05) is 0 Å². The van der Waals surface area contributed by atoms with Gasteiger partial charge in [-0.15, -0.1) is 0 Å². The fourth-order valence-corrected chi connectivity index (χ4v) is 1.25. The van der Waals surface area contributed by atoms with Crippen LogP contribution in [0.3, 0.4) is 0 Å². The van der Waals surface area contributed by atoms with E-state index in [0.29, 0.717) is 6.20 Å². The molecule has 0 aliphatic carbocycles. The molecule has 112 valence electrons. The molecule has 0 saturated carbocycles.